The van der Waals surface area contributed by atoms with Crippen LogP contribution in [0.1, 0.15) is 38.8 Å². The Labute approximate surface area is 118 Å². The summed E-state index contributed by atoms with van der Waals surface area (Å²) in [5, 5.41) is 10.7. The number of carbonyl (C=O) groups is 2. The third-order valence-electron chi connectivity index (χ3n) is 3.87. The average molecular weight is 276 g/mol. The number of nitrogens with one attached hydrogen (secondary N) is 1. The third-order valence-corrected chi connectivity index (χ3v) is 3.87. The molecule has 6 heteroatoms. The van der Waals surface area contributed by atoms with E-state index in [0.29, 0.717) is 32.4 Å². The third kappa shape index (κ3) is 2.79. The van der Waals surface area contributed by atoms with Crippen LogP contribution in [-0.4, -0.2) is 39.0 Å². The highest BCUT2D eigenvalue weighted by molar-refractivity contribution is 5.93. The molecule has 2 amide bonds. The Balaban J connectivity index is 2.24. The van der Waals surface area contributed by atoms with E-state index in [1.165, 1.54) is 0 Å². The van der Waals surface area contributed by atoms with Crippen LogP contribution in [0, 0.1) is 0 Å². The van der Waals surface area contributed by atoms with E-state index in [9.17, 15) is 9.59 Å². The monoisotopic (exact) mass is 276 g/mol. The minimum atomic E-state index is -0.782. The van der Waals surface area contributed by atoms with Gasteiger partial charge in [0, 0.05) is 19.2 Å². The molecule has 6 nitrogen and oxygen atoms in total. The maximum atomic E-state index is 12.7. The first-order chi connectivity index (χ1) is 9.61. The maximum absolute atomic E-state index is 12.7. The van der Waals surface area contributed by atoms with Crippen LogP contribution in [0.3, 0.4) is 0 Å². The fraction of sp³-hybridized carbons (Fsp3) is 0.571. The van der Waals surface area contributed by atoms with Gasteiger partial charge in [-0.15, -0.1) is 0 Å². The lowest BCUT2D eigenvalue weighted by molar-refractivity contribution is -0.139. The minimum Gasteiger partial charge on any atom is -0.342 e. The number of aromatic nitrogens is 2. The van der Waals surface area contributed by atoms with E-state index in [2.05, 4.69) is 15.5 Å². The molecule has 1 fully saturated rings. The largest absolute Gasteiger partial charge is 0.342 e. The van der Waals surface area contributed by atoms with Crippen molar-refractivity contribution in [1.82, 2.24) is 20.4 Å². The summed E-state index contributed by atoms with van der Waals surface area (Å²) >= 11 is 0. The van der Waals surface area contributed by atoms with Gasteiger partial charge in [-0.05, 0) is 25.0 Å². The molecule has 1 N–H and O–H groups in total. The summed E-state index contributed by atoms with van der Waals surface area (Å²) in [5.74, 6) is -0.0947. The van der Waals surface area contributed by atoms with E-state index < -0.39 is 5.54 Å². The van der Waals surface area contributed by atoms with Crippen LogP contribution in [0.2, 0.25) is 0 Å². The van der Waals surface area contributed by atoms with E-state index in [-0.39, 0.29) is 11.8 Å². The normalized spacial score (nSPS) is 18.6. The highest BCUT2D eigenvalue weighted by Crippen LogP contribution is 2.22. The Bertz CT molecular complexity index is 485. The number of hydrogen-bond donors (Lipinski definition) is 1. The molecule has 1 aliphatic rings. The Morgan fingerprint density at radius 2 is 2.10 bits per heavy atom. The highest BCUT2D eigenvalue weighted by Gasteiger charge is 2.41. The molecule has 1 aliphatic heterocycles. The molecule has 1 saturated heterocycles. The summed E-state index contributed by atoms with van der Waals surface area (Å²) in [5.41, 5.74) is -0.0493. The van der Waals surface area contributed by atoms with Crippen molar-refractivity contribution in [1.29, 1.82) is 0 Å². The van der Waals surface area contributed by atoms with Crippen LogP contribution < -0.4 is 5.32 Å². The second-order valence-corrected chi connectivity index (χ2v) is 5.03. The van der Waals surface area contributed by atoms with Crippen molar-refractivity contribution < 1.29 is 9.59 Å². The van der Waals surface area contributed by atoms with Gasteiger partial charge in [-0.1, -0.05) is 13.8 Å². The smallest absolute Gasteiger partial charge is 0.248 e. The van der Waals surface area contributed by atoms with Gasteiger partial charge in [0.1, 0.15) is 5.54 Å². The van der Waals surface area contributed by atoms with Crippen LogP contribution in [-0.2, 0) is 16.1 Å². The lowest BCUT2D eigenvalue weighted by Crippen LogP contribution is -2.56. The van der Waals surface area contributed by atoms with Crippen LogP contribution in [0.5, 0.6) is 0 Å². The van der Waals surface area contributed by atoms with Crippen LogP contribution in [0.25, 0.3) is 0 Å². The van der Waals surface area contributed by atoms with E-state index in [4.69, 9.17) is 0 Å². The predicted octanol–water partition coefficient (Wildman–Crippen LogP) is 0.884. The predicted molar refractivity (Wildman–Crippen MR) is 73.5 cm³/mol. The van der Waals surface area contributed by atoms with Gasteiger partial charge in [0.2, 0.25) is 11.8 Å². The SMILES string of the molecule is CCC1(CC)NC(=O)CCN(Cc2cccnn2)C1=O. The molecule has 0 aromatic carbocycles. The topological polar surface area (TPSA) is 75.2 Å². The Hall–Kier alpha value is -1.98. The van der Waals surface area contributed by atoms with Gasteiger partial charge in [-0.2, -0.15) is 10.2 Å². The number of carbonyl (C=O) groups excluding carboxylic acids is 2. The minimum absolute atomic E-state index is 0.0287. The van der Waals surface area contributed by atoms with Crippen molar-refractivity contribution >= 4 is 11.8 Å². The molecule has 1 aromatic heterocycles. The fourth-order valence-corrected chi connectivity index (χ4v) is 2.52. The molecule has 0 atom stereocenters. The zero-order valence-electron chi connectivity index (χ0n) is 11.9. The van der Waals surface area contributed by atoms with E-state index >= 15 is 0 Å². The Morgan fingerprint density at radius 1 is 1.35 bits per heavy atom. The number of nitrogens with zero attached hydrogens (tertiary/aromatic N) is 3. The van der Waals surface area contributed by atoms with Crippen molar-refractivity contribution in [2.75, 3.05) is 6.54 Å². The lowest BCUT2D eigenvalue weighted by Gasteiger charge is -2.33. The highest BCUT2D eigenvalue weighted by atomic mass is 16.2. The molecule has 2 rings (SSSR count). The zero-order valence-corrected chi connectivity index (χ0v) is 11.9. The molecule has 0 spiro atoms. The molecular weight excluding hydrogens is 256 g/mol. The standard InChI is InChI=1S/C14H20N4O2/c1-3-14(4-2)13(20)18(9-7-12(19)16-14)10-11-6-5-8-15-17-11/h5-6,8H,3-4,7,9-10H2,1-2H3,(H,16,19). The first kappa shape index (κ1) is 14.4. The van der Waals surface area contributed by atoms with Crippen molar-refractivity contribution in [2.45, 2.75) is 45.2 Å². The van der Waals surface area contributed by atoms with Crippen LogP contribution in [0.4, 0.5) is 0 Å². The molecule has 0 unspecified atom stereocenters. The summed E-state index contributed by atoms with van der Waals surface area (Å²) in [4.78, 5) is 26.3. The zero-order chi connectivity index (χ0) is 14.6. The summed E-state index contributed by atoms with van der Waals surface area (Å²) in [7, 11) is 0. The van der Waals surface area contributed by atoms with Gasteiger partial charge in [-0.3, -0.25) is 9.59 Å². The van der Waals surface area contributed by atoms with Gasteiger partial charge in [0.05, 0.1) is 12.2 Å². The molecule has 0 radical (unpaired) electrons. The number of amides is 2. The van der Waals surface area contributed by atoms with Gasteiger partial charge in [0.15, 0.2) is 0 Å². The summed E-state index contributed by atoms with van der Waals surface area (Å²) in [6.07, 6.45) is 3.10. The summed E-state index contributed by atoms with van der Waals surface area (Å²) in [6.45, 7) is 4.66. The lowest BCUT2D eigenvalue weighted by atomic mass is 9.91. The fourth-order valence-electron chi connectivity index (χ4n) is 2.52. The van der Waals surface area contributed by atoms with Crippen LogP contribution >= 0.6 is 0 Å². The molecule has 108 valence electrons. The molecule has 2 heterocycles. The van der Waals surface area contributed by atoms with Gasteiger partial charge in [0.25, 0.3) is 0 Å². The van der Waals surface area contributed by atoms with Gasteiger partial charge < -0.3 is 10.2 Å². The van der Waals surface area contributed by atoms with Crippen molar-refractivity contribution in [3.8, 4) is 0 Å². The van der Waals surface area contributed by atoms with Crippen molar-refractivity contribution in [3.05, 3.63) is 24.0 Å². The van der Waals surface area contributed by atoms with Crippen molar-refractivity contribution in [2.24, 2.45) is 0 Å². The molecule has 1 aromatic rings. The molecule has 0 bridgehead atoms. The maximum Gasteiger partial charge on any atom is 0.248 e. The number of rotatable bonds is 4. The van der Waals surface area contributed by atoms with E-state index in [1.807, 2.05) is 19.9 Å². The summed E-state index contributed by atoms with van der Waals surface area (Å²) in [6, 6.07) is 3.63. The molecular formula is C14H20N4O2. The second kappa shape index (κ2) is 5.98. The molecule has 20 heavy (non-hydrogen) atoms. The van der Waals surface area contributed by atoms with E-state index in [1.54, 1.807) is 17.2 Å². The van der Waals surface area contributed by atoms with E-state index in [0.717, 1.165) is 5.69 Å². The summed E-state index contributed by atoms with van der Waals surface area (Å²) < 4.78 is 0. The first-order valence-corrected chi connectivity index (χ1v) is 6.98. The molecule has 0 saturated carbocycles. The van der Waals surface area contributed by atoms with Gasteiger partial charge >= 0.3 is 0 Å². The second-order valence-electron chi connectivity index (χ2n) is 5.03. The van der Waals surface area contributed by atoms with Crippen LogP contribution in [0.15, 0.2) is 18.3 Å². The average Bonchev–Trinajstić information content (AvgIpc) is 2.60. The molecule has 0 aliphatic carbocycles. The van der Waals surface area contributed by atoms with Gasteiger partial charge in [-0.25, -0.2) is 0 Å². The number of hydrogen-bond acceptors (Lipinski definition) is 4. The Kier molecular flexibility index (Phi) is 4.32. The first-order valence-electron chi connectivity index (χ1n) is 6.98. The Morgan fingerprint density at radius 3 is 2.70 bits per heavy atom. The van der Waals surface area contributed by atoms with Crippen molar-refractivity contribution in [3.63, 3.8) is 0 Å². The quantitative estimate of drug-likeness (QED) is 0.886.